The van der Waals surface area contributed by atoms with E-state index in [-0.39, 0.29) is 13.0 Å². The van der Waals surface area contributed by atoms with Crippen LogP contribution in [0.2, 0.25) is 0 Å². The van der Waals surface area contributed by atoms with Crippen LogP contribution >= 0.6 is 11.3 Å². The van der Waals surface area contributed by atoms with E-state index in [4.69, 9.17) is 9.84 Å². The Balaban J connectivity index is 1.69. The van der Waals surface area contributed by atoms with Gasteiger partial charge in [-0.2, -0.15) is 0 Å². The molecule has 6 heteroatoms. The van der Waals surface area contributed by atoms with Gasteiger partial charge in [0.15, 0.2) is 0 Å². The molecule has 0 aliphatic rings. The molecule has 1 aromatic heterocycles. The summed E-state index contributed by atoms with van der Waals surface area (Å²) in [6.07, 6.45) is 2.57. The number of aliphatic hydroxyl groups is 3. The number of hydrogen-bond acceptors (Lipinski definition) is 6. The molecule has 1 atom stereocenters. The average molecular weight is 385 g/mol. The Kier molecular flexibility index (Phi) is 6.23. The third-order valence-corrected chi connectivity index (χ3v) is 5.32. The highest BCUT2D eigenvalue weighted by Gasteiger charge is 2.27. The van der Waals surface area contributed by atoms with Crippen molar-refractivity contribution < 1.29 is 20.1 Å². The lowest BCUT2D eigenvalue weighted by Gasteiger charge is -2.26. The van der Waals surface area contributed by atoms with E-state index in [1.165, 1.54) is 4.88 Å². The molecule has 142 valence electrons. The van der Waals surface area contributed by atoms with E-state index >= 15 is 0 Å². The van der Waals surface area contributed by atoms with Gasteiger partial charge in [-0.15, -0.1) is 11.3 Å². The molecule has 0 saturated carbocycles. The van der Waals surface area contributed by atoms with Crippen molar-refractivity contribution in [3.05, 3.63) is 65.2 Å². The highest BCUT2D eigenvalue weighted by atomic mass is 32.1. The van der Waals surface area contributed by atoms with E-state index in [0.29, 0.717) is 23.5 Å². The molecule has 5 nitrogen and oxygen atoms in total. The fourth-order valence-electron chi connectivity index (χ4n) is 2.81. The van der Waals surface area contributed by atoms with E-state index in [0.717, 1.165) is 10.6 Å². The molecule has 0 aliphatic carbocycles. The monoisotopic (exact) mass is 385 g/mol. The van der Waals surface area contributed by atoms with Crippen LogP contribution in [0.3, 0.4) is 0 Å². The summed E-state index contributed by atoms with van der Waals surface area (Å²) < 4.78 is 5.86. The summed E-state index contributed by atoms with van der Waals surface area (Å²) in [6, 6.07) is 14.7. The van der Waals surface area contributed by atoms with Crippen molar-refractivity contribution in [3.63, 3.8) is 0 Å². The van der Waals surface area contributed by atoms with Crippen LogP contribution in [-0.4, -0.2) is 33.5 Å². The van der Waals surface area contributed by atoms with Crippen molar-refractivity contribution in [2.75, 3.05) is 13.2 Å². The molecule has 3 N–H and O–H groups in total. The van der Waals surface area contributed by atoms with Crippen LogP contribution in [0.15, 0.2) is 54.7 Å². The van der Waals surface area contributed by atoms with Crippen LogP contribution in [0, 0.1) is 6.92 Å². The first-order valence-electron chi connectivity index (χ1n) is 8.79. The van der Waals surface area contributed by atoms with Gasteiger partial charge in [0.05, 0.1) is 6.61 Å². The standard InChI is InChI=1S/C21H23NO4S/c1-15-13-22-20(27-15)16-3-7-18(8-4-16)26-19-9-5-17(6-10-19)21(25,14-24)11-2-12-23/h3-10,13,23-25H,2,11-12,14H2,1H3. The summed E-state index contributed by atoms with van der Waals surface area (Å²) in [4.78, 5) is 5.55. The largest absolute Gasteiger partial charge is 0.457 e. The maximum atomic E-state index is 10.5. The maximum Gasteiger partial charge on any atom is 0.127 e. The maximum absolute atomic E-state index is 10.5. The molecule has 0 bridgehead atoms. The minimum absolute atomic E-state index is 0.0277. The predicted molar refractivity (Wildman–Crippen MR) is 106 cm³/mol. The van der Waals surface area contributed by atoms with Crippen LogP contribution in [-0.2, 0) is 5.60 Å². The summed E-state index contributed by atoms with van der Waals surface area (Å²) in [5.41, 5.74) is 0.294. The Hall–Kier alpha value is -2.25. The van der Waals surface area contributed by atoms with Crippen LogP contribution < -0.4 is 4.74 Å². The van der Waals surface area contributed by atoms with Gasteiger partial charge >= 0.3 is 0 Å². The van der Waals surface area contributed by atoms with Gasteiger partial charge in [-0.05, 0) is 61.7 Å². The van der Waals surface area contributed by atoms with Crippen molar-refractivity contribution in [1.29, 1.82) is 0 Å². The Labute approximate surface area is 162 Å². The molecule has 0 radical (unpaired) electrons. The van der Waals surface area contributed by atoms with Crippen molar-refractivity contribution in [2.45, 2.75) is 25.4 Å². The van der Waals surface area contributed by atoms with Gasteiger partial charge in [0, 0.05) is 23.2 Å². The summed E-state index contributed by atoms with van der Waals surface area (Å²) in [7, 11) is 0. The number of nitrogens with zero attached hydrogens (tertiary/aromatic N) is 1. The highest BCUT2D eigenvalue weighted by molar-refractivity contribution is 7.14. The van der Waals surface area contributed by atoms with Gasteiger partial charge in [-0.1, -0.05) is 12.1 Å². The third kappa shape index (κ3) is 4.73. The number of thiazole rings is 1. The quantitative estimate of drug-likeness (QED) is 0.548. The number of benzene rings is 2. The molecule has 2 aromatic carbocycles. The lowest BCUT2D eigenvalue weighted by molar-refractivity contribution is -0.0303. The Morgan fingerprint density at radius 3 is 2.15 bits per heavy atom. The smallest absolute Gasteiger partial charge is 0.127 e. The molecule has 0 amide bonds. The molecule has 0 fully saturated rings. The molecule has 1 heterocycles. The zero-order chi connectivity index (χ0) is 19.3. The fourth-order valence-corrected chi connectivity index (χ4v) is 3.58. The van der Waals surface area contributed by atoms with Crippen LogP contribution in [0.4, 0.5) is 0 Å². The van der Waals surface area contributed by atoms with Gasteiger partial charge < -0.3 is 20.1 Å². The first-order valence-corrected chi connectivity index (χ1v) is 9.61. The first kappa shape index (κ1) is 19.5. The number of hydrogen-bond donors (Lipinski definition) is 3. The molecule has 1 unspecified atom stereocenters. The molecular formula is C21H23NO4S. The third-order valence-electron chi connectivity index (χ3n) is 4.36. The van der Waals surface area contributed by atoms with E-state index in [1.807, 2.05) is 37.4 Å². The topological polar surface area (TPSA) is 82.8 Å². The van der Waals surface area contributed by atoms with Crippen molar-refractivity contribution in [2.24, 2.45) is 0 Å². The lowest BCUT2D eigenvalue weighted by atomic mass is 9.90. The minimum atomic E-state index is -1.35. The zero-order valence-electron chi connectivity index (χ0n) is 15.1. The molecule has 0 spiro atoms. The average Bonchev–Trinajstić information content (AvgIpc) is 3.13. The van der Waals surface area contributed by atoms with Crippen molar-refractivity contribution in [3.8, 4) is 22.1 Å². The fraction of sp³-hybridized carbons (Fsp3) is 0.286. The summed E-state index contributed by atoms with van der Waals surface area (Å²) in [5, 5.41) is 30.0. The molecule has 3 rings (SSSR count). The van der Waals surface area contributed by atoms with Gasteiger partial charge in [0.2, 0.25) is 0 Å². The number of ether oxygens (including phenoxy) is 1. The lowest BCUT2D eigenvalue weighted by Crippen LogP contribution is -2.30. The summed E-state index contributed by atoms with van der Waals surface area (Å²) >= 11 is 1.65. The van der Waals surface area contributed by atoms with E-state index in [9.17, 15) is 10.2 Å². The van der Waals surface area contributed by atoms with Crippen molar-refractivity contribution in [1.82, 2.24) is 4.98 Å². The SMILES string of the molecule is Cc1cnc(-c2ccc(Oc3ccc(C(O)(CO)CCCO)cc3)cc2)s1. The predicted octanol–water partition coefficient (Wildman–Crippen LogP) is 3.86. The number of rotatable bonds is 8. The minimum Gasteiger partial charge on any atom is -0.457 e. The molecule has 3 aromatic rings. The summed E-state index contributed by atoms with van der Waals surface area (Å²) in [6.45, 7) is 1.61. The normalized spacial score (nSPS) is 13.3. The molecular weight excluding hydrogens is 362 g/mol. The van der Waals surface area contributed by atoms with Gasteiger partial charge in [0.25, 0.3) is 0 Å². The Morgan fingerprint density at radius 1 is 1.00 bits per heavy atom. The molecule has 27 heavy (non-hydrogen) atoms. The number of aryl methyl sites for hydroxylation is 1. The van der Waals surface area contributed by atoms with Gasteiger partial charge in [-0.3, -0.25) is 0 Å². The zero-order valence-corrected chi connectivity index (χ0v) is 15.9. The van der Waals surface area contributed by atoms with E-state index in [1.54, 1.807) is 35.6 Å². The second kappa shape index (κ2) is 8.63. The van der Waals surface area contributed by atoms with E-state index < -0.39 is 12.2 Å². The highest BCUT2D eigenvalue weighted by Crippen LogP contribution is 2.31. The molecule has 0 aliphatic heterocycles. The number of aliphatic hydroxyl groups excluding tert-OH is 2. The van der Waals surface area contributed by atoms with Crippen LogP contribution in [0.5, 0.6) is 11.5 Å². The second-order valence-corrected chi connectivity index (χ2v) is 7.68. The second-order valence-electron chi connectivity index (χ2n) is 6.44. The first-order chi connectivity index (χ1) is 13.0. The van der Waals surface area contributed by atoms with Gasteiger partial charge in [0.1, 0.15) is 22.1 Å². The van der Waals surface area contributed by atoms with Gasteiger partial charge in [-0.25, -0.2) is 4.98 Å². The van der Waals surface area contributed by atoms with Crippen molar-refractivity contribution >= 4 is 11.3 Å². The Bertz CT molecular complexity index is 861. The van der Waals surface area contributed by atoms with Crippen LogP contribution in [0.25, 0.3) is 10.6 Å². The Morgan fingerprint density at radius 2 is 1.63 bits per heavy atom. The number of aromatic nitrogens is 1. The van der Waals surface area contributed by atoms with Crippen LogP contribution in [0.1, 0.15) is 23.3 Å². The summed E-state index contributed by atoms with van der Waals surface area (Å²) in [5.74, 6) is 1.34. The van der Waals surface area contributed by atoms with E-state index in [2.05, 4.69) is 4.98 Å². The molecule has 0 saturated heterocycles.